The lowest BCUT2D eigenvalue weighted by Crippen LogP contribution is -2.11. The molecule has 0 spiro atoms. The number of carbonyl (C=O) groups excluding carboxylic acids is 2. The van der Waals surface area contributed by atoms with Crippen LogP contribution in [-0.4, -0.2) is 25.0 Å². The Kier molecular flexibility index (Phi) is 18.1. The van der Waals surface area contributed by atoms with Gasteiger partial charge in [0.05, 0.1) is 13.2 Å². The summed E-state index contributed by atoms with van der Waals surface area (Å²) in [6.07, 6.45) is 16.6. The predicted octanol–water partition coefficient (Wildman–Crippen LogP) is 9.30. The number of benzene rings is 2. The number of unbranched alkanes of at least 4 members (excludes halogenated alkanes) is 11. The first kappa shape index (κ1) is 33.2. The summed E-state index contributed by atoms with van der Waals surface area (Å²) in [6, 6.07) is 15.3. The lowest BCUT2D eigenvalue weighted by molar-refractivity contribution is -0.117. The van der Waals surface area contributed by atoms with E-state index >= 15 is 0 Å². The molecule has 0 fully saturated rings. The molecule has 0 heterocycles. The van der Waals surface area contributed by atoms with Crippen molar-refractivity contribution in [2.45, 2.75) is 117 Å². The van der Waals surface area contributed by atoms with Crippen LogP contribution in [0.3, 0.4) is 0 Å². The smallest absolute Gasteiger partial charge is 0.224 e. The van der Waals surface area contributed by atoms with Gasteiger partial charge in [0.15, 0.2) is 0 Å². The van der Waals surface area contributed by atoms with Crippen LogP contribution in [0.25, 0.3) is 0 Å². The molecule has 0 radical (unpaired) electrons. The molecule has 2 N–H and O–H groups in total. The van der Waals surface area contributed by atoms with Gasteiger partial charge in [-0.3, -0.25) is 9.59 Å². The van der Waals surface area contributed by atoms with Gasteiger partial charge in [0.2, 0.25) is 11.8 Å². The second kappa shape index (κ2) is 21.8. The SMILES string of the molecule is CCCCCOc1ccc(NC(=O)CCCCCCCCCCC(=O)Nc2ccc(OCCCCC)cc2)cc1. The van der Waals surface area contributed by atoms with E-state index in [0.717, 1.165) is 87.5 Å². The molecule has 2 rings (SSSR count). The molecule has 0 bridgehead atoms. The van der Waals surface area contributed by atoms with Gasteiger partial charge in [-0.1, -0.05) is 78.1 Å². The molecule has 6 heteroatoms. The van der Waals surface area contributed by atoms with Crippen molar-refractivity contribution in [2.75, 3.05) is 23.8 Å². The molecule has 6 nitrogen and oxygen atoms in total. The van der Waals surface area contributed by atoms with Crippen molar-refractivity contribution in [2.24, 2.45) is 0 Å². The van der Waals surface area contributed by atoms with Crippen LogP contribution in [0.1, 0.15) is 117 Å². The van der Waals surface area contributed by atoms with Crippen molar-refractivity contribution in [3.05, 3.63) is 48.5 Å². The van der Waals surface area contributed by atoms with Crippen molar-refractivity contribution in [3.8, 4) is 11.5 Å². The van der Waals surface area contributed by atoms with Crippen molar-refractivity contribution < 1.29 is 19.1 Å². The standard InChI is InChI=1S/C34H52N2O4/c1-3-5-15-27-39-31-23-19-29(20-24-31)35-33(37)17-13-11-9-7-8-10-12-14-18-34(38)36-30-21-25-32(26-22-30)40-28-16-6-4-2/h19-26H,3-18,27-28H2,1-2H3,(H,35,37)(H,36,38). The average Bonchev–Trinajstić information content (AvgIpc) is 2.96. The average molecular weight is 553 g/mol. The summed E-state index contributed by atoms with van der Waals surface area (Å²) in [4.78, 5) is 24.4. The van der Waals surface area contributed by atoms with E-state index in [4.69, 9.17) is 9.47 Å². The Labute approximate surface area is 242 Å². The van der Waals surface area contributed by atoms with Gasteiger partial charge in [-0.25, -0.2) is 0 Å². The monoisotopic (exact) mass is 552 g/mol. The zero-order valence-corrected chi connectivity index (χ0v) is 25.0. The third-order valence-electron chi connectivity index (χ3n) is 6.87. The summed E-state index contributed by atoms with van der Waals surface area (Å²) in [5, 5.41) is 5.95. The van der Waals surface area contributed by atoms with E-state index in [2.05, 4.69) is 24.5 Å². The van der Waals surface area contributed by atoms with Crippen LogP contribution >= 0.6 is 0 Å². The van der Waals surface area contributed by atoms with Crippen LogP contribution in [-0.2, 0) is 9.59 Å². The van der Waals surface area contributed by atoms with Gasteiger partial charge in [0, 0.05) is 24.2 Å². The molecule has 0 saturated heterocycles. The number of amides is 2. The van der Waals surface area contributed by atoms with Gasteiger partial charge < -0.3 is 20.1 Å². The summed E-state index contributed by atoms with van der Waals surface area (Å²) < 4.78 is 11.4. The number of carbonyl (C=O) groups is 2. The molecule has 0 saturated carbocycles. The molecular weight excluding hydrogens is 500 g/mol. The molecule has 40 heavy (non-hydrogen) atoms. The molecule has 0 aliphatic rings. The first-order chi connectivity index (χ1) is 19.6. The number of ether oxygens (including phenoxy) is 2. The summed E-state index contributed by atoms with van der Waals surface area (Å²) in [5.41, 5.74) is 1.64. The molecule has 2 aromatic rings. The number of anilines is 2. The second-order valence-electron chi connectivity index (χ2n) is 10.6. The first-order valence-corrected chi connectivity index (χ1v) is 15.7. The number of rotatable bonds is 23. The number of hydrogen-bond acceptors (Lipinski definition) is 4. The van der Waals surface area contributed by atoms with E-state index in [-0.39, 0.29) is 11.8 Å². The maximum atomic E-state index is 12.2. The maximum Gasteiger partial charge on any atom is 0.224 e. The van der Waals surface area contributed by atoms with Gasteiger partial charge in [-0.2, -0.15) is 0 Å². The summed E-state index contributed by atoms with van der Waals surface area (Å²) in [6.45, 7) is 5.83. The van der Waals surface area contributed by atoms with Crippen molar-refractivity contribution in [1.82, 2.24) is 0 Å². The zero-order chi connectivity index (χ0) is 28.7. The molecule has 0 aromatic heterocycles. The van der Waals surface area contributed by atoms with Crippen molar-refractivity contribution in [3.63, 3.8) is 0 Å². The highest BCUT2D eigenvalue weighted by atomic mass is 16.5. The summed E-state index contributed by atoms with van der Waals surface area (Å²) in [7, 11) is 0. The number of hydrogen-bond donors (Lipinski definition) is 2. The summed E-state index contributed by atoms with van der Waals surface area (Å²) in [5.74, 6) is 1.84. The fourth-order valence-corrected chi connectivity index (χ4v) is 4.43. The summed E-state index contributed by atoms with van der Waals surface area (Å²) >= 11 is 0. The molecule has 222 valence electrons. The molecule has 0 unspecified atom stereocenters. The molecular formula is C34H52N2O4. The Hall–Kier alpha value is -3.02. The molecule has 0 aliphatic carbocycles. The largest absolute Gasteiger partial charge is 0.494 e. The van der Waals surface area contributed by atoms with Crippen LogP contribution in [0.5, 0.6) is 11.5 Å². The van der Waals surface area contributed by atoms with Crippen LogP contribution in [0, 0.1) is 0 Å². The zero-order valence-electron chi connectivity index (χ0n) is 25.0. The Morgan fingerprint density at radius 1 is 0.500 bits per heavy atom. The third-order valence-corrected chi connectivity index (χ3v) is 6.87. The highest BCUT2D eigenvalue weighted by molar-refractivity contribution is 5.91. The van der Waals surface area contributed by atoms with E-state index in [9.17, 15) is 9.59 Å². The highest BCUT2D eigenvalue weighted by Crippen LogP contribution is 2.18. The fourth-order valence-electron chi connectivity index (χ4n) is 4.43. The van der Waals surface area contributed by atoms with Crippen LogP contribution < -0.4 is 20.1 Å². The van der Waals surface area contributed by atoms with E-state index in [1.807, 2.05) is 48.5 Å². The van der Waals surface area contributed by atoms with Crippen molar-refractivity contribution >= 4 is 23.2 Å². The minimum atomic E-state index is 0.0709. The Morgan fingerprint density at radius 2 is 0.850 bits per heavy atom. The normalized spacial score (nSPS) is 10.8. The predicted molar refractivity (Wildman–Crippen MR) is 166 cm³/mol. The van der Waals surface area contributed by atoms with Crippen LogP contribution in [0.15, 0.2) is 48.5 Å². The number of nitrogens with one attached hydrogen (secondary N) is 2. The quantitative estimate of drug-likeness (QED) is 0.135. The minimum absolute atomic E-state index is 0.0709. The van der Waals surface area contributed by atoms with E-state index in [0.29, 0.717) is 12.8 Å². The van der Waals surface area contributed by atoms with E-state index in [1.54, 1.807) is 0 Å². The van der Waals surface area contributed by atoms with Gasteiger partial charge in [-0.05, 0) is 74.2 Å². The Bertz CT molecular complexity index is 850. The molecule has 0 aliphatic heterocycles. The van der Waals surface area contributed by atoms with Gasteiger partial charge in [0.1, 0.15) is 11.5 Å². The first-order valence-electron chi connectivity index (χ1n) is 15.7. The lowest BCUT2D eigenvalue weighted by Gasteiger charge is -2.08. The molecule has 0 atom stereocenters. The Morgan fingerprint density at radius 3 is 1.20 bits per heavy atom. The lowest BCUT2D eigenvalue weighted by atomic mass is 10.1. The van der Waals surface area contributed by atoms with Crippen LogP contribution in [0.2, 0.25) is 0 Å². The molecule has 2 aromatic carbocycles. The van der Waals surface area contributed by atoms with Gasteiger partial charge >= 0.3 is 0 Å². The minimum Gasteiger partial charge on any atom is -0.494 e. The van der Waals surface area contributed by atoms with Crippen LogP contribution in [0.4, 0.5) is 11.4 Å². The van der Waals surface area contributed by atoms with Gasteiger partial charge in [0.25, 0.3) is 0 Å². The highest BCUT2D eigenvalue weighted by Gasteiger charge is 2.05. The molecule has 2 amide bonds. The topological polar surface area (TPSA) is 76.7 Å². The second-order valence-corrected chi connectivity index (χ2v) is 10.6. The third kappa shape index (κ3) is 16.2. The fraction of sp³-hybridized carbons (Fsp3) is 0.588. The van der Waals surface area contributed by atoms with Crippen molar-refractivity contribution in [1.29, 1.82) is 0 Å². The van der Waals surface area contributed by atoms with Gasteiger partial charge in [-0.15, -0.1) is 0 Å². The van der Waals surface area contributed by atoms with E-state index < -0.39 is 0 Å². The maximum absolute atomic E-state index is 12.2. The van der Waals surface area contributed by atoms with E-state index in [1.165, 1.54) is 38.5 Å². The Balaban J connectivity index is 1.42.